The Labute approximate surface area is 164 Å². The van der Waals surface area contributed by atoms with Crippen molar-refractivity contribution in [3.63, 3.8) is 0 Å². The van der Waals surface area contributed by atoms with Crippen LogP contribution in [0.5, 0.6) is 5.75 Å². The summed E-state index contributed by atoms with van der Waals surface area (Å²) in [6.45, 7) is 1.86. The molecule has 7 nitrogen and oxygen atoms in total. The van der Waals surface area contributed by atoms with Crippen LogP contribution in [0, 0.1) is 0 Å². The molecule has 2 aromatic carbocycles. The topological polar surface area (TPSA) is 107 Å². The quantitative estimate of drug-likeness (QED) is 0.675. The molecule has 8 heteroatoms. The average molecular weight is 404 g/mol. The standard InChI is InChI=1S/C20H24N2O5S/c1-2-14-5-3-6-15(9-14)21-20(25)11-22(16-7-4-8-17(23)10-16)18-12-28(26,27)13-19(18)24/h3-10,18-19,23-24H,2,11-13H2,1H3,(H,21,25). The van der Waals surface area contributed by atoms with E-state index in [4.69, 9.17) is 0 Å². The number of benzene rings is 2. The first kappa shape index (κ1) is 20.2. The molecule has 1 saturated heterocycles. The summed E-state index contributed by atoms with van der Waals surface area (Å²) in [5, 5.41) is 22.9. The van der Waals surface area contributed by atoms with Gasteiger partial charge in [-0.25, -0.2) is 8.42 Å². The van der Waals surface area contributed by atoms with Gasteiger partial charge in [0.15, 0.2) is 9.84 Å². The zero-order valence-electron chi connectivity index (χ0n) is 15.6. The zero-order valence-corrected chi connectivity index (χ0v) is 16.4. The normalized spacial score (nSPS) is 20.6. The molecule has 3 rings (SSSR count). The summed E-state index contributed by atoms with van der Waals surface area (Å²) in [4.78, 5) is 14.2. The Morgan fingerprint density at radius 2 is 1.93 bits per heavy atom. The van der Waals surface area contributed by atoms with E-state index < -0.39 is 22.0 Å². The van der Waals surface area contributed by atoms with Crippen molar-refractivity contribution in [2.24, 2.45) is 0 Å². The van der Waals surface area contributed by atoms with Crippen molar-refractivity contribution in [1.29, 1.82) is 0 Å². The van der Waals surface area contributed by atoms with Gasteiger partial charge in [0.25, 0.3) is 0 Å². The van der Waals surface area contributed by atoms with Crippen molar-refractivity contribution in [2.45, 2.75) is 25.5 Å². The van der Waals surface area contributed by atoms with Gasteiger partial charge in [0, 0.05) is 17.4 Å². The lowest BCUT2D eigenvalue weighted by Crippen LogP contribution is -2.47. The molecule has 2 aromatic rings. The van der Waals surface area contributed by atoms with Gasteiger partial charge in [0.2, 0.25) is 5.91 Å². The number of hydrogen-bond donors (Lipinski definition) is 3. The molecule has 0 aromatic heterocycles. The van der Waals surface area contributed by atoms with Crippen LogP contribution in [0.25, 0.3) is 0 Å². The number of nitrogens with zero attached hydrogens (tertiary/aromatic N) is 1. The SMILES string of the molecule is CCc1cccc(NC(=O)CN(c2cccc(O)c2)C2CS(=O)(=O)CC2O)c1. The van der Waals surface area contributed by atoms with Gasteiger partial charge < -0.3 is 20.4 Å². The predicted molar refractivity (Wildman–Crippen MR) is 108 cm³/mol. The number of nitrogens with one attached hydrogen (secondary N) is 1. The molecule has 150 valence electrons. The minimum atomic E-state index is -3.40. The highest BCUT2D eigenvalue weighted by Crippen LogP contribution is 2.27. The summed E-state index contributed by atoms with van der Waals surface area (Å²) >= 11 is 0. The van der Waals surface area contributed by atoms with E-state index >= 15 is 0 Å². The molecule has 28 heavy (non-hydrogen) atoms. The third-order valence-corrected chi connectivity index (χ3v) is 6.49. The largest absolute Gasteiger partial charge is 0.508 e. The maximum atomic E-state index is 12.7. The van der Waals surface area contributed by atoms with Gasteiger partial charge >= 0.3 is 0 Å². The molecule has 0 radical (unpaired) electrons. The van der Waals surface area contributed by atoms with Crippen LogP contribution in [0.3, 0.4) is 0 Å². The van der Waals surface area contributed by atoms with Crippen molar-refractivity contribution in [3.05, 3.63) is 54.1 Å². The number of anilines is 2. The first-order valence-electron chi connectivity index (χ1n) is 9.10. The van der Waals surface area contributed by atoms with E-state index in [1.807, 2.05) is 25.1 Å². The third-order valence-electron chi connectivity index (χ3n) is 4.79. The Kier molecular flexibility index (Phi) is 5.90. The first-order chi connectivity index (χ1) is 13.3. The Hall–Kier alpha value is -2.58. The minimum absolute atomic E-state index is 0.00565. The number of phenolic OH excluding ortho intramolecular Hbond substituents is 1. The number of hydrogen-bond acceptors (Lipinski definition) is 6. The molecule has 0 saturated carbocycles. The van der Waals surface area contributed by atoms with Crippen LogP contribution < -0.4 is 10.2 Å². The molecule has 1 heterocycles. The van der Waals surface area contributed by atoms with Crippen LogP contribution in [-0.4, -0.2) is 54.7 Å². The van der Waals surface area contributed by atoms with E-state index in [0.29, 0.717) is 11.4 Å². The van der Waals surface area contributed by atoms with Crippen LogP contribution >= 0.6 is 0 Å². The minimum Gasteiger partial charge on any atom is -0.508 e. The lowest BCUT2D eigenvalue weighted by Gasteiger charge is -2.31. The van der Waals surface area contributed by atoms with Crippen molar-refractivity contribution in [2.75, 3.05) is 28.3 Å². The fourth-order valence-electron chi connectivity index (χ4n) is 3.40. The highest BCUT2D eigenvalue weighted by atomic mass is 32.2. The maximum Gasteiger partial charge on any atom is 0.243 e. The number of aryl methyl sites for hydroxylation is 1. The summed E-state index contributed by atoms with van der Waals surface area (Å²) in [6.07, 6.45) is -0.269. The number of rotatable bonds is 6. The monoisotopic (exact) mass is 404 g/mol. The second-order valence-electron chi connectivity index (χ2n) is 6.96. The van der Waals surface area contributed by atoms with E-state index in [1.165, 1.54) is 17.0 Å². The van der Waals surface area contributed by atoms with Gasteiger partial charge in [-0.2, -0.15) is 0 Å². The third kappa shape index (κ3) is 4.82. The Morgan fingerprint density at radius 3 is 2.57 bits per heavy atom. The predicted octanol–water partition coefficient (Wildman–Crippen LogP) is 1.56. The van der Waals surface area contributed by atoms with Crippen molar-refractivity contribution in [3.8, 4) is 5.75 Å². The number of aromatic hydroxyl groups is 1. The summed E-state index contributed by atoms with van der Waals surface area (Å²) in [5.41, 5.74) is 2.21. The fourth-order valence-corrected chi connectivity index (χ4v) is 5.21. The van der Waals surface area contributed by atoms with Gasteiger partial charge in [-0.1, -0.05) is 25.1 Å². The number of aliphatic hydroxyl groups excluding tert-OH is 1. The second-order valence-corrected chi connectivity index (χ2v) is 9.12. The van der Waals surface area contributed by atoms with Crippen LogP contribution in [0.15, 0.2) is 48.5 Å². The fraction of sp³-hybridized carbons (Fsp3) is 0.350. The number of amides is 1. The molecular formula is C20H24N2O5S. The van der Waals surface area contributed by atoms with Crippen LogP contribution in [0.2, 0.25) is 0 Å². The molecule has 1 aliphatic rings. The van der Waals surface area contributed by atoms with Crippen molar-refractivity contribution >= 4 is 27.1 Å². The highest BCUT2D eigenvalue weighted by Gasteiger charge is 2.40. The number of carbonyl (C=O) groups is 1. The van der Waals surface area contributed by atoms with E-state index in [0.717, 1.165) is 12.0 Å². The molecule has 1 amide bonds. The Morgan fingerprint density at radius 1 is 1.18 bits per heavy atom. The number of aliphatic hydroxyl groups is 1. The lowest BCUT2D eigenvalue weighted by molar-refractivity contribution is -0.115. The molecule has 2 atom stereocenters. The Bertz CT molecular complexity index is 961. The van der Waals surface area contributed by atoms with Crippen molar-refractivity contribution < 1.29 is 23.4 Å². The number of sulfone groups is 1. The molecule has 2 unspecified atom stereocenters. The molecule has 1 aliphatic heterocycles. The van der Waals surface area contributed by atoms with Crippen molar-refractivity contribution in [1.82, 2.24) is 0 Å². The van der Waals surface area contributed by atoms with Gasteiger partial charge in [-0.15, -0.1) is 0 Å². The molecule has 3 N–H and O–H groups in total. The van der Waals surface area contributed by atoms with Crippen LogP contribution in [0.1, 0.15) is 12.5 Å². The second kappa shape index (κ2) is 8.20. The summed E-state index contributed by atoms with van der Waals surface area (Å²) in [6, 6.07) is 12.9. The van der Waals surface area contributed by atoms with E-state index in [-0.39, 0.29) is 29.7 Å². The number of phenols is 1. The van der Waals surface area contributed by atoms with Crippen LogP contribution in [0.4, 0.5) is 11.4 Å². The lowest BCUT2D eigenvalue weighted by atomic mass is 10.1. The van der Waals surface area contributed by atoms with Gasteiger partial charge in [0.1, 0.15) is 5.75 Å². The van der Waals surface area contributed by atoms with E-state index in [2.05, 4.69) is 5.32 Å². The van der Waals surface area contributed by atoms with Gasteiger partial charge in [-0.05, 0) is 36.2 Å². The summed E-state index contributed by atoms with van der Waals surface area (Å²) in [7, 11) is -3.40. The summed E-state index contributed by atoms with van der Waals surface area (Å²) < 4.78 is 23.9. The van der Waals surface area contributed by atoms with E-state index in [9.17, 15) is 23.4 Å². The van der Waals surface area contributed by atoms with Crippen LogP contribution in [-0.2, 0) is 21.1 Å². The molecule has 0 aliphatic carbocycles. The molecule has 1 fully saturated rings. The van der Waals surface area contributed by atoms with Gasteiger partial charge in [-0.3, -0.25) is 4.79 Å². The Balaban J connectivity index is 1.83. The summed E-state index contributed by atoms with van der Waals surface area (Å²) in [5.74, 6) is -0.933. The first-order valence-corrected chi connectivity index (χ1v) is 10.9. The van der Waals surface area contributed by atoms with E-state index in [1.54, 1.807) is 18.2 Å². The average Bonchev–Trinajstić information content (AvgIpc) is 2.92. The molecule has 0 spiro atoms. The van der Waals surface area contributed by atoms with Gasteiger partial charge in [0.05, 0.1) is 30.2 Å². The molecule has 0 bridgehead atoms. The number of carbonyl (C=O) groups excluding carboxylic acids is 1. The highest BCUT2D eigenvalue weighted by molar-refractivity contribution is 7.91. The smallest absolute Gasteiger partial charge is 0.243 e. The maximum absolute atomic E-state index is 12.7. The molecular weight excluding hydrogens is 380 g/mol. The zero-order chi connectivity index (χ0) is 20.3.